The number of imidazole rings is 1. The van der Waals surface area contributed by atoms with E-state index in [4.69, 9.17) is 10.2 Å². The molecule has 1 heterocycles. The summed E-state index contributed by atoms with van der Waals surface area (Å²) in [5.41, 5.74) is 0. The fourth-order valence-corrected chi connectivity index (χ4v) is 1.07. The lowest BCUT2D eigenvalue weighted by Gasteiger charge is -2.09. The smallest absolute Gasteiger partial charge is 0.334 e. The Morgan fingerprint density at radius 2 is 2.24 bits per heavy atom. The molecule has 4 N–H and O–H groups in total. The highest BCUT2D eigenvalue weighted by Gasteiger charge is 2.13. The zero-order valence-electron chi connectivity index (χ0n) is 9.25. The molecule has 8 heteroatoms. The zero-order chi connectivity index (χ0) is 12.8. The molecule has 17 heavy (non-hydrogen) atoms. The number of aromatic nitrogens is 2. The summed E-state index contributed by atoms with van der Waals surface area (Å²) in [6, 6.07) is -0.562. The second-order valence-electron chi connectivity index (χ2n) is 3.37. The normalized spacial score (nSPS) is 11.9. The third-order valence-electron chi connectivity index (χ3n) is 2.07. The zero-order valence-corrected chi connectivity index (χ0v) is 9.25. The number of hydrogen-bond donors (Lipinski definition) is 4. The summed E-state index contributed by atoms with van der Waals surface area (Å²) in [5, 5.41) is 22.0. The number of carboxylic acid groups (broad SMARTS) is 1. The summed E-state index contributed by atoms with van der Waals surface area (Å²) in [6.45, 7) is -0.125. The van der Waals surface area contributed by atoms with Gasteiger partial charge < -0.3 is 25.4 Å². The van der Waals surface area contributed by atoms with Gasteiger partial charge in [0.2, 0.25) is 0 Å². The number of nitrogens with one attached hydrogen (secondary N) is 2. The molecular formula is C9H14N4O4. The van der Waals surface area contributed by atoms with Crippen molar-refractivity contribution in [3.63, 3.8) is 0 Å². The number of aryl methyl sites for hydroxylation is 1. The van der Waals surface area contributed by atoms with Gasteiger partial charge in [-0.25, -0.2) is 14.6 Å². The minimum atomic E-state index is -1.60. The van der Waals surface area contributed by atoms with Crippen molar-refractivity contribution < 1.29 is 19.8 Å². The molecule has 0 saturated heterocycles. The van der Waals surface area contributed by atoms with E-state index in [0.717, 1.165) is 0 Å². The molecule has 0 aliphatic carbocycles. The summed E-state index contributed by atoms with van der Waals surface area (Å²) in [4.78, 5) is 25.5. The summed E-state index contributed by atoms with van der Waals surface area (Å²) < 4.78 is 1.74. The number of aliphatic hydroxyl groups excluding tert-OH is 1. The molecular weight excluding hydrogens is 228 g/mol. The molecule has 0 unspecified atom stereocenters. The van der Waals surface area contributed by atoms with Gasteiger partial charge in [-0.3, -0.25) is 0 Å². The molecule has 0 radical (unpaired) electrons. The van der Waals surface area contributed by atoms with Crippen molar-refractivity contribution in [1.29, 1.82) is 0 Å². The Balaban J connectivity index is 2.27. The highest BCUT2D eigenvalue weighted by Crippen LogP contribution is 1.92. The lowest BCUT2D eigenvalue weighted by molar-refractivity contribution is -0.146. The first-order valence-corrected chi connectivity index (χ1v) is 4.89. The highest BCUT2D eigenvalue weighted by molar-refractivity contribution is 5.76. The average molecular weight is 242 g/mol. The van der Waals surface area contributed by atoms with Gasteiger partial charge in [0.1, 0.15) is 5.82 Å². The van der Waals surface area contributed by atoms with Crippen molar-refractivity contribution >= 4 is 12.0 Å². The van der Waals surface area contributed by atoms with Gasteiger partial charge in [0.05, 0.1) is 13.1 Å². The van der Waals surface area contributed by atoms with E-state index in [1.165, 1.54) is 0 Å². The first-order chi connectivity index (χ1) is 8.00. The first kappa shape index (κ1) is 13.0. The van der Waals surface area contributed by atoms with Gasteiger partial charge in [0.15, 0.2) is 6.10 Å². The standard InChI is InChI=1S/C9H14N4O4/c1-13-3-2-10-7(13)5-12-9(17)11-4-6(14)8(15)16/h2-3,6,14H,4-5H2,1H3,(H,15,16)(H2,11,12,17)/t6-/m0/s1. The maximum atomic E-state index is 11.2. The molecule has 1 atom stereocenters. The number of aliphatic carboxylic acids is 1. The Bertz CT molecular complexity index is 403. The summed E-state index contributed by atoms with van der Waals surface area (Å²) in [6.07, 6.45) is 1.74. The number of hydrogen-bond acceptors (Lipinski definition) is 4. The van der Waals surface area contributed by atoms with Crippen LogP contribution in [0.5, 0.6) is 0 Å². The average Bonchev–Trinajstić information content (AvgIpc) is 2.68. The molecule has 0 bridgehead atoms. The number of rotatable bonds is 5. The third-order valence-corrected chi connectivity index (χ3v) is 2.07. The largest absolute Gasteiger partial charge is 0.479 e. The van der Waals surface area contributed by atoms with Crippen LogP contribution in [0.2, 0.25) is 0 Å². The summed E-state index contributed by atoms with van der Waals surface area (Å²) >= 11 is 0. The van der Waals surface area contributed by atoms with Gasteiger partial charge >= 0.3 is 12.0 Å². The van der Waals surface area contributed by atoms with Gasteiger partial charge in [0.25, 0.3) is 0 Å². The molecule has 1 aromatic rings. The van der Waals surface area contributed by atoms with Crippen molar-refractivity contribution in [2.75, 3.05) is 6.54 Å². The lowest BCUT2D eigenvalue weighted by Crippen LogP contribution is -2.42. The van der Waals surface area contributed by atoms with Crippen molar-refractivity contribution in [3.8, 4) is 0 Å². The maximum absolute atomic E-state index is 11.2. The molecule has 0 saturated carbocycles. The van der Waals surface area contributed by atoms with Gasteiger partial charge in [-0.05, 0) is 0 Å². The van der Waals surface area contributed by atoms with E-state index >= 15 is 0 Å². The Hall–Kier alpha value is -2.09. The van der Waals surface area contributed by atoms with E-state index < -0.39 is 18.1 Å². The lowest BCUT2D eigenvalue weighted by atomic mass is 10.4. The molecule has 94 valence electrons. The van der Waals surface area contributed by atoms with Crippen LogP contribution in [0.1, 0.15) is 5.82 Å². The van der Waals surface area contributed by atoms with Crippen LogP contribution in [0.25, 0.3) is 0 Å². The molecule has 2 amide bonds. The van der Waals surface area contributed by atoms with Crippen molar-refractivity contribution in [1.82, 2.24) is 20.2 Å². The maximum Gasteiger partial charge on any atom is 0.334 e. The van der Waals surface area contributed by atoms with Crippen molar-refractivity contribution in [3.05, 3.63) is 18.2 Å². The monoisotopic (exact) mass is 242 g/mol. The van der Waals surface area contributed by atoms with Gasteiger partial charge in [-0.1, -0.05) is 0 Å². The number of urea groups is 1. The fraction of sp³-hybridized carbons (Fsp3) is 0.444. The minimum absolute atomic E-state index is 0.221. The van der Waals surface area contributed by atoms with Crippen molar-refractivity contribution in [2.24, 2.45) is 7.05 Å². The van der Waals surface area contributed by atoms with Gasteiger partial charge in [-0.15, -0.1) is 0 Å². The van der Waals surface area contributed by atoms with Crippen LogP contribution in [0, 0.1) is 0 Å². The third kappa shape index (κ3) is 4.11. The number of carboxylic acids is 1. The van der Waals surface area contributed by atoms with E-state index in [2.05, 4.69) is 15.6 Å². The number of aliphatic hydroxyl groups is 1. The quantitative estimate of drug-likeness (QED) is 0.510. The summed E-state index contributed by atoms with van der Waals surface area (Å²) in [5.74, 6) is -0.715. The number of carbonyl (C=O) groups excluding carboxylic acids is 1. The number of nitrogens with zero attached hydrogens (tertiary/aromatic N) is 2. The molecule has 0 fully saturated rings. The van der Waals surface area contributed by atoms with Crippen LogP contribution in [-0.2, 0) is 18.4 Å². The van der Waals surface area contributed by atoms with Crippen LogP contribution in [0.4, 0.5) is 4.79 Å². The number of carbonyl (C=O) groups is 2. The second kappa shape index (κ2) is 5.85. The highest BCUT2D eigenvalue weighted by atomic mass is 16.4. The van der Waals surface area contributed by atoms with Crippen LogP contribution in [0.3, 0.4) is 0 Å². The van der Waals surface area contributed by atoms with E-state index in [0.29, 0.717) is 5.82 Å². The molecule has 1 aromatic heterocycles. The van der Waals surface area contributed by atoms with Crippen LogP contribution >= 0.6 is 0 Å². The Kier molecular flexibility index (Phi) is 4.46. The molecule has 8 nitrogen and oxygen atoms in total. The SMILES string of the molecule is Cn1ccnc1CNC(=O)NC[C@H](O)C(=O)O. The van der Waals surface area contributed by atoms with E-state index in [9.17, 15) is 9.59 Å². The van der Waals surface area contributed by atoms with Gasteiger partial charge in [0, 0.05) is 19.4 Å². The predicted molar refractivity (Wildman–Crippen MR) is 57.1 cm³/mol. The van der Waals surface area contributed by atoms with E-state index in [-0.39, 0.29) is 13.1 Å². The predicted octanol–water partition coefficient (Wildman–Crippen LogP) is -1.34. The Labute approximate surface area is 97.3 Å². The second-order valence-corrected chi connectivity index (χ2v) is 3.37. The number of amides is 2. The van der Waals surface area contributed by atoms with Crippen LogP contribution in [0.15, 0.2) is 12.4 Å². The first-order valence-electron chi connectivity index (χ1n) is 4.89. The Morgan fingerprint density at radius 3 is 2.76 bits per heavy atom. The molecule has 0 aliphatic heterocycles. The molecule has 0 spiro atoms. The Morgan fingerprint density at radius 1 is 1.53 bits per heavy atom. The van der Waals surface area contributed by atoms with E-state index in [1.807, 2.05) is 0 Å². The summed E-state index contributed by atoms with van der Waals surface area (Å²) in [7, 11) is 1.79. The topological polar surface area (TPSA) is 116 Å². The molecule has 0 aromatic carbocycles. The van der Waals surface area contributed by atoms with Crippen LogP contribution < -0.4 is 10.6 Å². The fourth-order valence-electron chi connectivity index (χ4n) is 1.07. The molecule has 1 rings (SSSR count). The molecule has 0 aliphatic rings. The van der Waals surface area contributed by atoms with Crippen LogP contribution in [-0.4, -0.2) is 44.4 Å². The minimum Gasteiger partial charge on any atom is -0.479 e. The van der Waals surface area contributed by atoms with E-state index in [1.54, 1.807) is 24.0 Å². The van der Waals surface area contributed by atoms with Crippen molar-refractivity contribution in [2.45, 2.75) is 12.6 Å². The van der Waals surface area contributed by atoms with Gasteiger partial charge in [-0.2, -0.15) is 0 Å².